The highest BCUT2D eigenvalue weighted by Crippen LogP contribution is 2.56. The van der Waals surface area contributed by atoms with Gasteiger partial charge in [0.2, 0.25) is 0 Å². The first-order valence-corrected chi connectivity index (χ1v) is 10.3. The quantitative estimate of drug-likeness (QED) is 0.808. The van der Waals surface area contributed by atoms with E-state index in [2.05, 4.69) is 43.1 Å². The standard InChI is InChI=1S/C23H33NO2/c1-4-5-6-22(25)17-9-10-23-11-12-24(2)21(20(23)13-17)14-16-7-8-18(26-3)15-19(16)23/h7-9,15,20-22,25H,4-6,10-14H2,1-3H3/t20-,21?,22?,23?/m0/s1. The minimum atomic E-state index is -0.245. The summed E-state index contributed by atoms with van der Waals surface area (Å²) in [5.41, 5.74) is 4.55. The maximum absolute atomic E-state index is 10.7. The molecule has 1 saturated heterocycles. The molecule has 0 spiro atoms. The lowest BCUT2D eigenvalue weighted by atomic mass is 9.52. The van der Waals surface area contributed by atoms with Crippen LogP contribution in [-0.4, -0.2) is 42.9 Å². The highest BCUT2D eigenvalue weighted by molar-refractivity contribution is 5.47. The second kappa shape index (κ2) is 7.01. The molecular formula is C23H33NO2. The molecule has 2 aliphatic carbocycles. The van der Waals surface area contributed by atoms with Crippen LogP contribution in [0.5, 0.6) is 5.75 Å². The van der Waals surface area contributed by atoms with Crippen molar-refractivity contribution in [1.29, 1.82) is 0 Å². The smallest absolute Gasteiger partial charge is 0.119 e. The van der Waals surface area contributed by atoms with Gasteiger partial charge in [-0.05, 0) is 80.4 Å². The number of rotatable bonds is 5. The van der Waals surface area contributed by atoms with Gasteiger partial charge in [-0.1, -0.05) is 31.9 Å². The summed E-state index contributed by atoms with van der Waals surface area (Å²) in [7, 11) is 4.05. The number of likely N-dealkylation sites (N-methyl/N-ethyl adjacent to an activating group) is 1. The molecule has 0 amide bonds. The molecule has 142 valence electrons. The van der Waals surface area contributed by atoms with Crippen LogP contribution in [0.1, 0.15) is 56.6 Å². The molecule has 1 fully saturated rings. The van der Waals surface area contributed by atoms with E-state index in [0.717, 1.165) is 44.3 Å². The van der Waals surface area contributed by atoms with E-state index in [9.17, 15) is 5.11 Å². The molecule has 1 aliphatic heterocycles. The number of likely N-dealkylation sites (tertiary alicyclic amines) is 1. The monoisotopic (exact) mass is 355 g/mol. The van der Waals surface area contributed by atoms with Crippen molar-refractivity contribution >= 4 is 0 Å². The fourth-order valence-corrected chi connectivity index (χ4v) is 5.78. The third kappa shape index (κ3) is 2.80. The third-order valence-corrected chi connectivity index (χ3v) is 7.38. The molecule has 26 heavy (non-hydrogen) atoms. The van der Waals surface area contributed by atoms with E-state index >= 15 is 0 Å². The topological polar surface area (TPSA) is 32.7 Å². The number of methoxy groups -OCH3 is 1. The van der Waals surface area contributed by atoms with Crippen LogP contribution in [0.3, 0.4) is 0 Å². The van der Waals surface area contributed by atoms with Crippen molar-refractivity contribution in [3.63, 3.8) is 0 Å². The number of unbranched alkanes of at least 4 members (excludes halogenated alkanes) is 1. The van der Waals surface area contributed by atoms with E-state index in [1.165, 1.54) is 29.7 Å². The van der Waals surface area contributed by atoms with Crippen LogP contribution >= 0.6 is 0 Å². The molecular weight excluding hydrogens is 322 g/mol. The number of benzene rings is 1. The van der Waals surface area contributed by atoms with Gasteiger partial charge in [0, 0.05) is 11.5 Å². The molecule has 3 aliphatic rings. The van der Waals surface area contributed by atoms with Crippen molar-refractivity contribution in [2.24, 2.45) is 5.92 Å². The van der Waals surface area contributed by atoms with Gasteiger partial charge >= 0.3 is 0 Å². The zero-order valence-electron chi connectivity index (χ0n) is 16.5. The fraction of sp³-hybridized carbons (Fsp3) is 0.652. The van der Waals surface area contributed by atoms with E-state index in [1.54, 1.807) is 7.11 Å². The Bertz CT molecular complexity index is 697. The predicted octanol–water partition coefficient (Wildman–Crippen LogP) is 4.08. The highest BCUT2D eigenvalue weighted by atomic mass is 16.5. The van der Waals surface area contributed by atoms with Crippen LogP contribution in [0.15, 0.2) is 29.8 Å². The Balaban J connectivity index is 1.72. The zero-order chi connectivity index (χ0) is 18.3. The Morgan fingerprint density at radius 1 is 1.35 bits per heavy atom. The lowest BCUT2D eigenvalue weighted by Crippen LogP contribution is -2.59. The molecule has 3 nitrogen and oxygen atoms in total. The molecule has 4 rings (SSSR count). The van der Waals surface area contributed by atoms with Crippen molar-refractivity contribution in [1.82, 2.24) is 4.90 Å². The SMILES string of the molecule is CCCCC(O)C1=CCC23CCN(C)C(Cc4ccc(OC)cc42)[C@@H]3C1. The lowest BCUT2D eigenvalue weighted by Gasteiger charge is -2.58. The predicted molar refractivity (Wildman–Crippen MR) is 106 cm³/mol. The molecule has 1 N–H and O–H groups in total. The van der Waals surface area contributed by atoms with Crippen LogP contribution in [0.2, 0.25) is 0 Å². The summed E-state index contributed by atoms with van der Waals surface area (Å²) in [6.45, 7) is 3.36. The fourth-order valence-electron chi connectivity index (χ4n) is 5.78. The van der Waals surface area contributed by atoms with Crippen molar-refractivity contribution in [2.45, 2.75) is 69.4 Å². The molecule has 3 heteroatoms. The van der Waals surface area contributed by atoms with Crippen molar-refractivity contribution in [3.8, 4) is 5.75 Å². The number of fused-ring (bicyclic) bond motifs is 1. The van der Waals surface area contributed by atoms with Crippen molar-refractivity contribution in [3.05, 3.63) is 41.0 Å². The van der Waals surface area contributed by atoms with Crippen molar-refractivity contribution < 1.29 is 9.84 Å². The van der Waals surface area contributed by atoms with Gasteiger partial charge in [-0.25, -0.2) is 0 Å². The van der Waals surface area contributed by atoms with E-state index in [-0.39, 0.29) is 11.5 Å². The lowest BCUT2D eigenvalue weighted by molar-refractivity contribution is 0.0214. The van der Waals surface area contributed by atoms with Gasteiger partial charge in [-0.15, -0.1) is 0 Å². The number of ether oxygens (including phenoxy) is 1. The number of allylic oxidation sites excluding steroid dienone is 1. The minimum absolute atomic E-state index is 0.229. The van der Waals surface area contributed by atoms with Gasteiger partial charge in [0.25, 0.3) is 0 Å². The summed E-state index contributed by atoms with van der Waals surface area (Å²) in [5, 5.41) is 10.7. The first-order chi connectivity index (χ1) is 12.6. The van der Waals surface area contributed by atoms with Gasteiger partial charge in [-0.2, -0.15) is 0 Å². The molecule has 0 radical (unpaired) electrons. The first-order valence-electron chi connectivity index (χ1n) is 10.3. The summed E-state index contributed by atoms with van der Waals surface area (Å²) >= 11 is 0. The summed E-state index contributed by atoms with van der Waals surface area (Å²) in [5.74, 6) is 1.59. The van der Waals surface area contributed by atoms with E-state index in [0.29, 0.717) is 12.0 Å². The maximum atomic E-state index is 10.7. The molecule has 3 unspecified atom stereocenters. The van der Waals surface area contributed by atoms with Gasteiger partial charge in [0.05, 0.1) is 13.2 Å². The van der Waals surface area contributed by atoms with E-state index in [1.807, 2.05) is 0 Å². The molecule has 1 aromatic rings. The number of hydrogen-bond donors (Lipinski definition) is 1. The van der Waals surface area contributed by atoms with Crippen LogP contribution in [0.25, 0.3) is 0 Å². The second-order valence-electron chi connectivity index (χ2n) is 8.63. The molecule has 4 atom stereocenters. The summed E-state index contributed by atoms with van der Waals surface area (Å²) in [6.07, 6.45) is 9.76. The average molecular weight is 356 g/mol. The molecule has 0 saturated carbocycles. The first kappa shape index (κ1) is 18.1. The number of aliphatic hydroxyl groups is 1. The number of aliphatic hydroxyl groups excluding tert-OH is 1. The Kier molecular flexibility index (Phi) is 4.87. The van der Waals surface area contributed by atoms with Crippen LogP contribution in [0, 0.1) is 5.92 Å². The number of nitrogens with zero attached hydrogens (tertiary/aromatic N) is 1. The van der Waals surface area contributed by atoms with E-state index < -0.39 is 0 Å². The Morgan fingerprint density at radius 3 is 2.96 bits per heavy atom. The Morgan fingerprint density at radius 2 is 2.19 bits per heavy atom. The van der Waals surface area contributed by atoms with Gasteiger partial charge < -0.3 is 14.7 Å². The summed E-state index contributed by atoms with van der Waals surface area (Å²) in [4.78, 5) is 2.57. The largest absolute Gasteiger partial charge is 0.497 e. The Labute approximate surface area is 158 Å². The number of hydrogen-bond acceptors (Lipinski definition) is 3. The average Bonchev–Trinajstić information content (AvgIpc) is 2.68. The molecule has 2 bridgehead atoms. The molecule has 1 aromatic carbocycles. The zero-order valence-corrected chi connectivity index (χ0v) is 16.5. The van der Waals surface area contributed by atoms with E-state index in [4.69, 9.17) is 4.74 Å². The minimum Gasteiger partial charge on any atom is -0.497 e. The van der Waals surface area contributed by atoms with Crippen LogP contribution < -0.4 is 4.74 Å². The van der Waals surface area contributed by atoms with Gasteiger partial charge in [-0.3, -0.25) is 0 Å². The molecule has 0 aromatic heterocycles. The summed E-state index contributed by atoms with van der Waals surface area (Å²) < 4.78 is 5.55. The van der Waals surface area contributed by atoms with Crippen LogP contribution in [-0.2, 0) is 11.8 Å². The van der Waals surface area contributed by atoms with Crippen molar-refractivity contribution in [2.75, 3.05) is 20.7 Å². The maximum Gasteiger partial charge on any atom is 0.119 e. The second-order valence-corrected chi connectivity index (χ2v) is 8.63. The Hall–Kier alpha value is -1.32. The molecule has 1 heterocycles. The van der Waals surface area contributed by atoms with Gasteiger partial charge in [0.15, 0.2) is 0 Å². The highest BCUT2D eigenvalue weighted by Gasteiger charge is 2.53. The van der Waals surface area contributed by atoms with Crippen LogP contribution in [0.4, 0.5) is 0 Å². The summed E-state index contributed by atoms with van der Waals surface area (Å²) in [6, 6.07) is 7.29. The number of piperidine rings is 1. The third-order valence-electron chi connectivity index (χ3n) is 7.38. The van der Waals surface area contributed by atoms with Gasteiger partial charge in [0.1, 0.15) is 5.75 Å². The normalized spacial score (nSPS) is 31.6.